The number of hydrogen-bond donors (Lipinski definition) is 2. The summed E-state index contributed by atoms with van der Waals surface area (Å²) in [7, 11) is 0. The molecule has 0 aliphatic carbocycles. The van der Waals surface area contributed by atoms with Crippen LogP contribution in [0, 0.1) is 25.1 Å². The summed E-state index contributed by atoms with van der Waals surface area (Å²) in [6.07, 6.45) is 5.37. The highest BCUT2D eigenvalue weighted by atomic mass is 19.1. The van der Waals surface area contributed by atoms with Gasteiger partial charge in [-0.25, -0.2) is 14.1 Å². The molecule has 1 heterocycles. The zero-order valence-corrected chi connectivity index (χ0v) is 12.0. The highest BCUT2D eigenvalue weighted by molar-refractivity contribution is 5.90. The molecular weight excluding hydrogens is 287 g/mol. The fraction of sp³-hybridized carbons (Fsp3) is 0.267. The smallest absolute Gasteiger partial charge is 0.291 e. The SMILES string of the molecule is C#CCC(CO)NC(=O)c1nc(C)n(-c2ccc(F)cc2)n1. The molecule has 0 fully saturated rings. The maximum Gasteiger partial charge on any atom is 0.291 e. The van der Waals surface area contributed by atoms with Crippen LogP contribution in [-0.2, 0) is 0 Å². The molecule has 1 atom stereocenters. The van der Waals surface area contributed by atoms with Gasteiger partial charge in [0.1, 0.15) is 11.6 Å². The summed E-state index contributed by atoms with van der Waals surface area (Å²) >= 11 is 0. The summed E-state index contributed by atoms with van der Waals surface area (Å²) in [4.78, 5) is 16.1. The van der Waals surface area contributed by atoms with Crippen LogP contribution in [0.1, 0.15) is 22.9 Å². The zero-order valence-electron chi connectivity index (χ0n) is 12.0. The first-order valence-electron chi connectivity index (χ1n) is 6.60. The minimum atomic E-state index is -0.546. The van der Waals surface area contributed by atoms with Crippen LogP contribution in [0.3, 0.4) is 0 Å². The van der Waals surface area contributed by atoms with Crippen molar-refractivity contribution in [1.82, 2.24) is 20.1 Å². The number of nitrogens with one attached hydrogen (secondary N) is 1. The molecule has 1 unspecified atom stereocenters. The molecule has 0 saturated carbocycles. The van der Waals surface area contributed by atoms with E-state index in [9.17, 15) is 9.18 Å². The van der Waals surface area contributed by atoms with Gasteiger partial charge in [0.2, 0.25) is 5.82 Å². The van der Waals surface area contributed by atoms with Gasteiger partial charge in [0, 0.05) is 6.42 Å². The van der Waals surface area contributed by atoms with Gasteiger partial charge in [0.05, 0.1) is 18.3 Å². The Balaban J connectivity index is 2.20. The Morgan fingerprint density at radius 2 is 2.18 bits per heavy atom. The highest BCUT2D eigenvalue weighted by Gasteiger charge is 2.18. The van der Waals surface area contributed by atoms with E-state index in [0.717, 1.165) is 0 Å². The van der Waals surface area contributed by atoms with Gasteiger partial charge in [-0.3, -0.25) is 4.79 Å². The number of hydrogen-bond acceptors (Lipinski definition) is 4. The average molecular weight is 302 g/mol. The zero-order chi connectivity index (χ0) is 16.1. The first-order valence-corrected chi connectivity index (χ1v) is 6.60. The van der Waals surface area contributed by atoms with Gasteiger partial charge in [0.25, 0.3) is 5.91 Å². The third kappa shape index (κ3) is 3.48. The number of carbonyl (C=O) groups is 1. The minimum Gasteiger partial charge on any atom is -0.394 e. The van der Waals surface area contributed by atoms with Gasteiger partial charge in [-0.2, -0.15) is 0 Å². The monoisotopic (exact) mass is 302 g/mol. The first kappa shape index (κ1) is 15.7. The Morgan fingerprint density at radius 3 is 2.77 bits per heavy atom. The number of aryl methyl sites for hydroxylation is 1. The second-order valence-corrected chi connectivity index (χ2v) is 4.63. The van der Waals surface area contributed by atoms with Crippen LogP contribution in [0.4, 0.5) is 4.39 Å². The summed E-state index contributed by atoms with van der Waals surface area (Å²) in [5.41, 5.74) is 0.591. The minimum absolute atomic E-state index is 0.0442. The largest absolute Gasteiger partial charge is 0.394 e. The topological polar surface area (TPSA) is 80.0 Å². The summed E-state index contributed by atoms with van der Waals surface area (Å²) < 4.78 is 14.4. The van der Waals surface area contributed by atoms with E-state index in [4.69, 9.17) is 11.5 Å². The van der Waals surface area contributed by atoms with E-state index in [1.54, 1.807) is 6.92 Å². The first-order chi connectivity index (χ1) is 10.5. The lowest BCUT2D eigenvalue weighted by Gasteiger charge is -2.11. The van der Waals surface area contributed by atoms with E-state index in [2.05, 4.69) is 21.3 Å². The molecule has 114 valence electrons. The maximum absolute atomic E-state index is 12.9. The van der Waals surface area contributed by atoms with Gasteiger partial charge < -0.3 is 10.4 Å². The van der Waals surface area contributed by atoms with Crippen molar-refractivity contribution in [2.24, 2.45) is 0 Å². The summed E-state index contributed by atoms with van der Waals surface area (Å²) in [6, 6.07) is 5.12. The van der Waals surface area contributed by atoms with Crippen molar-refractivity contribution < 1.29 is 14.3 Å². The van der Waals surface area contributed by atoms with Crippen molar-refractivity contribution in [3.05, 3.63) is 41.7 Å². The van der Waals surface area contributed by atoms with Crippen molar-refractivity contribution >= 4 is 5.91 Å². The Morgan fingerprint density at radius 1 is 1.50 bits per heavy atom. The van der Waals surface area contributed by atoms with Crippen LogP contribution in [0.5, 0.6) is 0 Å². The van der Waals surface area contributed by atoms with Gasteiger partial charge in [-0.1, -0.05) is 0 Å². The molecule has 2 N–H and O–H groups in total. The Kier molecular flexibility index (Phi) is 4.86. The third-order valence-corrected chi connectivity index (χ3v) is 2.96. The van der Waals surface area contributed by atoms with Crippen molar-refractivity contribution in [3.8, 4) is 18.0 Å². The number of halogens is 1. The molecule has 0 aliphatic heterocycles. The van der Waals surface area contributed by atoms with Crippen molar-refractivity contribution in [2.75, 3.05) is 6.61 Å². The Hall–Kier alpha value is -2.72. The molecule has 1 aromatic heterocycles. The van der Waals surface area contributed by atoms with Crippen molar-refractivity contribution in [1.29, 1.82) is 0 Å². The molecular formula is C15H15FN4O2. The number of amides is 1. The number of benzene rings is 1. The van der Waals surface area contributed by atoms with E-state index in [0.29, 0.717) is 11.5 Å². The van der Waals surface area contributed by atoms with Crippen LogP contribution in [0.2, 0.25) is 0 Å². The van der Waals surface area contributed by atoms with E-state index in [1.807, 2.05) is 0 Å². The van der Waals surface area contributed by atoms with E-state index < -0.39 is 11.9 Å². The number of aliphatic hydroxyl groups excluding tert-OH is 1. The van der Waals surface area contributed by atoms with Gasteiger partial charge in [0.15, 0.2) is 0 Å². The Bertz CT molecular complexity index is 703. The number of carbonyl (C=O) groups excluding carboxylic acids is 1. The molecule has 22 heavy (non-hydrogen) atoms. The quantitative estimate of drug-likeness (QED) is 0.802. The van der Waals surface area contributed by atoms with Crippen LogP contribution >= 0.6 is 0 Å². The Labute approximate surface area is 127 Å². The predicted molar refractivity (Wildman–Crippen MR) is 77.8 cm³/mol. The van der Waals surface area contributed by atoms with E-state index in [-0.39, 0.29) is 24.7 Å². The van der Waals surface area contributed by atoms with Crippen LogP contribution < -0.4 is 5.32 Å². The van der Waals surface area contributed by atoms with Crippen LogP contribution in [-0.4, -0.2) is 38.4 Å². The van der Waals surface area contributed by atoms with Crippen molar-refractivity contribution in [2.45, 2.75) is 19.4 Å². The highest BCUT2D eigenvalue weighted by Crippen LogP contribution is 2.10. The predicted octanol–water partition coefficient (Wildman–Crippen LogP) is 0.829. The number of terminal acetylenes is 1. The standard InChI is InChI=1S/C15H15FN4O2/c1-3-4-12(9-21)18-15(22)14-17-10(2)20(19-14)13-7-5-11(16)6-8-13/h1,5-8,12,21H,4,9H2,2H3,(H,18,22). The lowest BCUT2D eigenvalue weighted by atomic mass is 10.2. The van der Waals surface area contributed by atoms with Gasteiger partial charge >= 0.3 is 0 Å². The van der Waals surface area contributed by atoms with E-state index >= 15 is 0 Å². The van der Waals surface area contributed by atoms with Crippen LogP contribution in [0.15, 0.2) is 24.3 Å². The summed E-state index contributed by atoms with van der Waals surface area (Å²) in [5.74, 6) is 1.91. The fourth-order valence-electron chi connectivity index (χ4n) is 1.87. The molecule has 2 aromatic rings. The van der Waals surface area contributed by atoms with E-state index in [1.165, 1.54) is 28.9 Å². The number of aliphatic hydroxyl groups is 1. The molecule has 6 nitrogen and oxygen atoms in total. The average Bonchev–Trinajstić information content (AvgIpc) is 2.89. The third-order valence-electron chi connectivity index (χ3n) is 2.96. The second kappa shape index (κ2) is 6.83. The fourth-order valence-corrected chi connectivity index (χ4v) is 1.87. The molecule has 0 aliphatic rings. The lowest BCUT2D eigenvalue weighted by molar-refractivity contribution is 0.0907. The molecule has 1 amide bonds. The molecule has 7 heteroatoms. The molecule has 2 rings (SSSR count). The summed E-state index contributed by atoms with van der Waals surface area (Å²) in [6.45, 7) is 1.41. The van der Waals surface area contributed by atoms with Gasteiger partial charge in [-0.05, 0) is 31.2 Å². The molecule has 0 radical (unpaired) electrons. The van der Waals surface area contributed by atoms with Gasteiger partial charge in [-0.15, -0.1) is 17.4 Å². The van der Waals surface area contributed by atoms with Crippen LogP contribution in [0.25, 0.3) is 5.69 Å². The number of aromatic nitrogens is 3. The maximum atomic E-state index is 12.9. The lowest BCUT2D eigenvalue weighted by Crippen LogP contribution is -2.37. The number of nitrogens with zero attached hydrogens (tertiary/aromatic N) is 3. The molecule has 0 spiro atoms. The second-order valence-electron chi connectivity index (χ2n) is 4.63. The molecule has 1 aromatic carbocycles. The molecule has 0 bridgehead atoms. The van der Waals surface area contributed by atoms with Crippen molar-refractivity contribution in [3.63, 3.8) is 0 Å². The normalized spacial score (nSPS) is 11.7. The number of rotatable bonds is 5. The summed E-state index contributed by atoms with van der Waals surface area (Å²) in [5, 5.41) is 15.8. The molecule has 0 saturated heterocycles.